The second-order valence-electron chi connectivity index (χ2n) is 2.46. The molecule has 1 rings (SSSR count). The summed E-state index contributed by atoms with van der Waals surface area (Å²) in [5.41, 5.74) is 3.05. The van der Waals surface area contributed by atoms with Crippen molar-refractivity contribution in [3.63, 3.8) is 0 Å². The van der Waals surface area contributed by atoms with Gasteiger partial charge in [0, 0.05) is 11.8 Å². The van der Waals surface area contributed by atoms with E-state index in [1.807, 2.05) is 18.7 Å². The molecule has 0 radical (unpaired) electrons. The minimum atomic E-state index is 0.596. The SMILES string of the molecule is CCONC1CCCSC1. The predicted molar refractivity (Wildman–Crippen MR) is 45.1 cm³/mol. The van der Waals surface area contributed by atoms with Crippen molar-refractivity contribution in [1.29, 1.82) is 0 Å². The van der Waals surface area contributed by atoms with Gasteiger partial charge in [-0.3, -0.25) is 0 Å². The van der Waals surface area contributed by atoms with Crippen LogP contribution in [-0.4, -0.2) is 24.2 Å². The van der Waals surface area contributed by atoms with E-state index in [2.05, 4.69) is 5.48 Å². The Morgan fingerprint density at radius 1 is 1.70 bits per heavy atom. The van der Waals surface area contributed by atoms with E-state index in [1.165, 1.54) is 24.3 Å². The highest BCUT2D eigenvalue weighted by molar-refractivity contribution is 7.99. The van der Waals surface area contributed by atoms with E-state index >= 15 is 0 Å². The Morgan fingerprint density at radius 3 is 3.20 bits per heavy atom. The third kappa shape index (κ3) is 2.90. The normalized spacial score (nSPS) is 26.7. The molecule has 1 unspecified atom stereocenters. The van der Waals surface area contributed by atoms with Crippen molar-refractivity contribution >= 4 is 11.8 Å². The molecule has 1 aliphatic rings. The highest BCUT2D eigenvalue weighted by atomic mass is 32.2. The highest BCUT2D eigenvalue weighted by Crippen LogP contribution is 2.16. The van der Waals surface area contributed by atoms with Crippen molar-refractivity contribution in [2.75, 3.05) is 18.1 Å². The summed E-state index contributed by atoms with van der Waals surface area (Å²) in [5.74, 6) is 2.53. The lowest BCUT2D eigenvalue weighted by Crippen LogP contribution is -2.33. The van der Waals surface area contributed by atoms with Crippen LogP contribution in [0.25, 0.3) is 0 Å². The molecule has 3 heteroatoms. The van der Waals surface area contributed by atoms with Crippen molar-refractivity contribution < 1.29 is 4.84 Å². The smallest absolute Gasteiger partial charge is 0.0654 e. The zero-order chi connectivity index (χ0) is 7.23. The molecule has 60 valence electrons. The maximum atomic E-state index is 5.11. The summed E-state index contributed by atoms with van der Waals surface area (Å²) >= 11 is 2.01. The lowest BCUT2D eigenvalue weighted by molar-refractivity contribution is 0.0274. The lowest BCUT2D eigenvalue weighted by Gasteiger charge is -2.21. The van der Waals surface area contributed by atoms with Crippen molar-refractivity contribution in [2.24, 2.45) is 0 Å². The molecule has 0 saturated carbocycles. The Bertz CT molecular complexity index is 83.7. The fraction of sp³-hybridized carbons (Fsp3) is 1.00. The zero-order valence-electron chi connectivity index (χ0n) is 6.43. The molecule has 1 heterocycles. The third-order valence-electron chi connectivity index (χ3n) is 1.55. The van der Waals surface area contributed by atoms with Crippen LogP contribution in [0.5, 0.6) is 0 Å². The maximum absolute atomic E-state index is 5.11. The summed E-state index contributed by atoms with van der Waals surface area (Å²) in [6.45, 7) is 2.77. The second-order valence-corrected chi connectivity index (χ2v) is 3.61. The van der Waals surface area contributed by atoms with Gasteiger partial charge < -0.3 is 4.84 Å². The first-order valence-electron chi connectivity index (χ1n) is 3.88. The van der Waals surface area contributed by atoms with Gasteiger partial charge in [0.15, 0.2) is 0 Å². The van der Waals surface area contributed by atoms with Gasteiger partial charge in [-0.1, -0.05) is 0 Å². The number of rotatable bonds is 3. The summed E-state index contributed by atoms with van der Waals surface area (Å²) in [4.78, 5) is 5.11. The molecule has 1 N–H and O–H groups in total. The highest BCUT2D eigenvalue weighted by Gasteiger charge is 2.12. The van der Waals surface area contributed by atoms with Crippen LogP contribution in [0.2, 0.25) is 0 Å². The number of hydrogen-bond acceptors (Lipinski definition) is 3. The maximum Gasteiger partial charge on any atom is 0.0654 e. The molecule has 0 aromatic rings. The van der Waals surface area contributed by atoms with E-state index in [1.54, 1.807) is 0 Å². The predicted octanol–water partition coefficient (Wildman–Crippen LogP) is 1.42. The summed E-state index contributed by atoms with van der Waals surface area (Å²) in [5, 5.41) is 0. The Kier molecular flexibility index (Phi) is 4.18. The zero-order valence-corrected chi connectivity index (χ0v) is 7.25. The number of hydroxylamine groups is 1. The molecule has 0 amide bonds. The van der Waals surface area contributed by atoms with Gasteiger partial charge >= 0.3 is 0 Å². The Balaban J connectivity index is 2.02. The molecule has 10 heavy (non-hydrogen) atoms. The fourth-order valence-electron chi connectivity index (χ4n) is 1.03. The Morgan fingerprint density at radius 2 is 2.60 bits per heavy atom. The molecular formula is C7H15NOS. The average Bonchev–Trinajstić information content (AvgIpc) is 2.03. The average molecular weight is 161 g/mol. The fourth-order valence-corrected chi connectivity index (χ4v) is 2.09. The van der Waals surface area contributed by atoms with Gasteiger partial charge in [-0.05, 0) is 25.5 Å². The first-order valence-corrected chi connectivity index (χ1v) is 5.04. The number of thioether (sulfide) groups is 1. The van der Waals surface area contributed by atoms with E-state index < -0.39 is 0 Å². The third-order valence-corrected chi connectivity index (χ3v) is 2.77. The standard InChI is InChI=1S/C7H15NOS/c1-2-9-8-7-4-3-5-10-6-7/h7-8H,2-6H2,1H3. The van der Waals surface area contributed by atoms with E-state index in [0.717, 1.165) is 6.61 Å². The minimum Gasteiger partial charge on any atom is -0.302 e. The van der Waals surface area contributed by atoms with E-state index in [4.69, 9.17) is 4.84 Å². The largest absolute Gasteiger partial charge is 0.302 e. The van der Waals surface area contributed by atoms with Crippen LogP contribution < -0.4 is 5.48 Å². The molecule has 2 nitrogen and oxygen atoms in total. The second kappa shape index (κ2) is 4.99. The van der Waals surface area contributed by atoms with E-state index in [-0.39, 0.29) is 0 Å². The van der Waals surface area contributed by atoms with Gasteiger partial charge in [-0.25, -0.2) is 0 Å². The summed E-state index contributed by atoms with van der Waals surface area (Å²) in [6.07, 6.45) is 2.60. The molecule has 1 atom stereocenters. The van der Waals surface area contributed by atoms with Crippen molar-refractivity contribution in [3.8, 4) is 0 Å². The van der Waals surface area contributed by atoms with Crippen LogP contribution >= 0.6 is 11.8 Å². The lowest BCUT2D eigenvalue weighted by atomic mass is 10.2. The first kappa shape index (κ1) is 8.37. The molecule has 1 aliphatic heterocycles. The molecule has 1 saturated heterocycles. The van der Waals surface area contributed by atoms with Gasteiger partial charge in [-0.15, -0.1) is 0 Å². The van der Waals surface area contributed by atoms with Crippen LogP contribution in [0.3, 0.4) is 0 Å². The van der Waals surface area contributed by atoms with Crippen LogP contribution in [0.15, 0.2) is 0 Å². The van der Waals surface area contributed by atoms with E-state index in [0.29, 0.717) is 6.04 Å². The molecule has 0 aliphatic carbocycles. The Labute approximate surface area is 66.7 Å². The van der Waals surface area contributed by atoms with Crippen LogP contribution in [-0.2, 0) is 4.84 Å². The number of hydrogen-bond donors (Lipinski definition) is 1. The van der Waals surface area contributed by atoms with Gasteiger partial charge in [0.25, 0.3) is 0 Å². The first-order chi connectivity index (χ1) is 4.93. The topological polar surface area (TPSA) is 21.3 Å². The summed E-state index contributed by atoms with van der Waals surface area (Å²) in [7, 11) is 0. The molecular weight excluding hydrogens is 146 g/mol. The molecule has 0 spiro atoms. The molecule has 1 fully saturated rings. The molecule has 0 bridgehead atoms. The summed E-state index contributed by atoms with van der Waals surface area (Å²) < 4.78 is 0. The monoisotopic (exact) mass is 161 g/mol. The minimum absolute atomic E-state index is 0.596. The summed E-state index contributed by atoms with van der Waals surface area (Å²) in [6, 6.07) is 0.596. The quantitative estimate of drug-likeness (QED) is 0.633. The Hall–Kier alpha value is 0.270. The van der Waals surface area contributed by atoms with E-state index in [9.17, 15) is 0 Å². The molecule has 0 aromatic carbocycles. The van der Waals surface area contributed by atoms with Crippen LogP contribution in [0.1, 0.15) is 19.8 Å². The van der Waals surface area contributed by atoms with Crippen LogP contribution in [0, 0.1) is 0 Å². The van der Waals surface area contributed by atoms with Gasteiger partial charge in [0.2, 0.25) is 0 Å². The van der Waals surface area contributed by atoms with Crippen molar-refractivity contribution in [1.82, 2.24) is 5.48 Å². The van der Waals surface area contributed by atoms with Crippen LogP contribution in [0.4, 0.5) is 0 Å². The van der Waals surface area contributed by atoms with Crippen molar-refractivity contribution in [3.05, 3.63) is 0 Å². The van der Waals surface area contributed by atoms with Gasteiger partial charge in [0.1, 0.15) is 0 Å². The molecule has 0 aromatic heterocycles. The van der Waals surface area contributed by atoms with Gasteiger partial charge in [-0.2, -0.15) is 17.2 Å². The number of nitrogens with one attached hydrogen (secondary N) is 1. The van der Waals surface area contributed by atoms with Gasteiger partial charge in [0.05, 0.1) is 6.61 Å². The van der Waals surface area contributed by atoms with Crippen molar-refractivity contribution in [2.45, 2.75) is 25.8 Å².